The van der Waals surface area contributed by atoms with Crippen molar-refractivity contribution in [2.75, 3.05) is 44.6 Å². The molecule has 0 saturated carbocycles. The highest BCUT2D eigenvalue weighted by Crippen LogP contribution is 2.25. The molecule has 0 aromatic heterocycles. The molecule has 1 amide bonds. The molecule has 0 atom stereocenters. The van der Waals surface area contributed by atoms with Crippen molar-refractivity contribution in [3.63, 3.8) is 0 Å². The minimum Gasteiger partial charge on any atom is -0.492 e. The number of nitrogens with one attached hydrogen (secondary N) is 1. The van der Waals surface area contributed by atoms with E-state index >= 15 is 0 Å². The van der Waals surface area contributed by atoms with Crippen LogP contribution in [0.25, 0.3) is 0 Å². The molecule has 160 valence electrons. The van der Waals surface area contributed by atoms with Gasteiger partial charge >= 0.3 is 6.09 Å². The van der Waals surface area contributed by atoms with Crippen molar-refractivity contribution in [3.8, 4) is 5.75 Å². The minimum atomic E-state index is -0.526. The molecule has 0 bridgehead atoms. The van der Waals surface area contributed by atoms with Crippen molar-refractivity contribution in [2.24, 2.45) is 0 Å². The summed E-state index contributed by atoms with van der Waals surface area (Å²) in [5, 5.41) is 2.82. The first-order valence-corrected chi connectivity index (χ1v) is 10.4. The second kappa shape index (κ2) is 11.9. The van der Waals surface area contributed by atoms with E-state index in [1.807, 2.05) is 39.0 Å². The van der Waals surface area contributed by atoms with Crippen LogP contribution in [0.3, 0.4) is 0 Å². The van der Waals surface area contributed by atoms with E-state index in [1.165, 1.54) is 0 Å². The zero-order chi connectivity index (χ0) is 21.2. The molecule has 0 saturated heterocycles. The van der Waals surface area contributed by atoms with Gasteiger partial charge in [-0.3, -0.25) is 10.2 Å². The molecule has 0 aliphatic carbocycles. The molecular weight excluding hydrogens is 354 g/mol. The average molecular weight is 394 g/mol. The number of benzene rings is 1. The first-order valence-electron chi connectivity index (χ1n) is 10.4. The summed E-state index contributed by atoms with van der Waals surface area (Å²) < 4.78 is 11.4. The topological polar surface area (TPSA) is 54.0 Å². The highest BCUT2D eigenvalue weighted by Gasteiger charge is 2.17. The lowest BCUT2D eigenvalue weighted by atomic mass is 10.1. The largest absolute Gasteiger partial charge is 0.492 e. The maximum atomic E-state index is 12.1. The van der Waals surface area contributed by atoms with Crippen LogP contribution in [0.5, 0.6) is 5.75 Å². The zero-order valence-corrected chi connectivity index (χ0v) is 18.8. The minimum absolute atomic E-state index is 0.448. The maximum Gasteiger partial charge on any atom is 0.412 e. The van der Waals surface area contributed by atoms with Crippen molar-refractivity contribution in [2.45, 2.75) is 60.6 Å². The van der Waals surface area contributed by atoms with E-state index in [0.29, 0.717) is 12.3 Å². The van der Waals surface area contributed by atoms with Crippen molar-refractivity contribution >= 4 is 11.8 Å². The van der Waals surface area contributed by atoms with Crippen molar-refractivity contribution < 1.29 is 14.3 Å². The summed E-state index contributed by atoms with van der Waals surface area (Å²) in [5.74, 6) is 0.869. The molecule has 6 heteroatoms. The zero-order valence-electron chi connectivity index (χ0n) is 18.8. The summed E-state index contributed by atoms with van der Waals surface area (Å²) in [6, 6.07) is 5.78. The fourth-order valence-electron chi connectivity index (χ4n) is 2.86. The quantitative estimate of drug-likeness (QED) is 0.596. The molecule has 28 heavy (non-hydrogen) atoms. The summed E-state index contributed by atoms with van der Waals surface area (Å²) in [4.78, 5) is 16.8. The van der Waals surface area contributed by atoms with E-state index in [1.54, 1.807) is 0 Å². The normalized spacial score (nSPS) is 11.8. The fraction of sp³-hybridized carbons (Fsp3) is 0.682. The van der Waals surface area contributed by atoms with Crippen molar-refractivity contribution in [3.05, 3.63) is 23.8 Å². The number of likely N-dealkylation sites (N-methyl/N-ethyl adjacent to an activating group) is 1. The number of hydrogen-bond acceptors (Lipinski definition) is 5. The van der Waals surface area contributed by atoms with E-state index < -0.39 is 11.7 Å². The monoisotopic (exact) mass is 393 g/mol. The second-order valence-corrected chi connectivity index (χ2v) is 7.79. The third-order valence-corrected chi connectivity index (χ3v) is 4.55. The van der Waals surface area contributed by atoms with Crippen molar-refractivity contribution in [1.82, 2.24) is 9.80 Å². The molecule has 0 unspecified atom stereocenters. The Morgan fingerprint density at radius 3 is 2.14 bits per heavy atom. The first-order chi connectivity index (χ1) is 13.2. The van der Waals surface area contributed by atoms with Gasteiger partial charge in [0.05, 0.1) is 0 Å². The van der Waals surface area contributed by atoms with Gasteiger partial charge in [-0.1, -0.05) is 27.7 Å². The third-order valence-electron chi connectivity index (χ3n) is 4.55. The Labute approximate surface area is 171 Å². The van der Waals surface area contributed by atoms with Gasteiger partial charge in [0, 0.05) is 24.3 Å². The molecular formula is C22H39N3O3. The highest BCUT2D eigenvalue weighted by atomic mass is 16.6. The highest BCUT2D eigenvalue weighted by molar-refractivity contribution is 5.85. The van der Waals surface area contributed by atoms with Crippen LogP contribution in [0.15, 0.2) is 18.2 Å². The molecule has 1 aromatic rings. The Balaban J connectivity index is 2.90. The number of hydrogen-bond donors (Lipinski definition) is 1. The molecule has 6 nitrogen and oxygen atoms in total. The third kappa shape index (κ3) is 8.93. The lowest BCUT2D eigenvalue weighted by Gasteiger charge is -2.23. The Morgan fingerprint density at radius 2 is 1.61 bits per heavy atom. The first kappa shape index (κ1) is 24.2. The van der Waals surface area contributed by atoms with E-state index in [-0.39, 0.29) is 0 Å². The van der Waals surface area contributed by atoms with E-state index in [9.17, 15) is 4.79 Å². The molecule has 1 aromatic carbocycles. The molecule has 0 aliphatic rings. The summed E-state index contributed by atoms with van der Waals surface area (Å²) in [7, 11) is 0. The number of anilines is 1. The number of nitrogens with zero attached hydrogens (tertiary/aromatic N) is 2. The second-order valence-electron chi connectivity index (χ2n) is 7.79. The predicted octanol–water partition coefficient (Wildman–Crippen LogP) is 4.60. The van der Waals surface area contributed by atoms with Gasteiger partial charge in [0.25, 0.3) is 0 Å². The summed E-state index contributed by atoms with van der Waals surface area (Å²) in [6.07, 6.45) is -0.448. The summed E-state index contributed by atoms with van der Waals surface area (Å²) in [6.45, 7) is 20.4. The van der Waals surface area contributed by atoms with Crippen LogP contribution in [-0.2, 0) is 11.3 Å². The Bertz CT molecular complexity index is 591. The summed E-state index contributed by atoms with van der Waals surface area (Å²) >= 11 is 0. The number of rotatable bonds is 11. The summed E-state index contributed by atoms with van der Waals surface area (Å²) in [5.41, 5.74) is 1.26. The van der Waals surface area contributed by atoms with Crippen LogP contribution in [0, 0.1) is 0 Å². The number of carbonyl (C=O) groups is 1. The van der Waals surface area contributed by atoms with Gasteiger partial charge in [0.15, 0.2) is 0 Å². The molecule has 0 heterocycles. The van der Waals surface area contributed by atoms with Gasteiger partial charge in [0.1, 0.15) is 18.0 Å². The van der Waals surface area contributed by atoms with Crippen LogP contribution >= 0.6 is 0 Å². The molecule has 1 rings (SSSR count). The van der Waals surface area contributed by atoms with Crippen LogP contribution < -0.4 is 10.1 Å². The van der Waals surface area contributed by atoms with Crippen LogP contribution in [0.1, 0.15) is 54.0 Å². The van der Waals surface area contributed by atoms with Gasteiger partial charge in [0.2, 0.25) is 0 Å². The molecule has 1 N–H and O–H groups in total. The van der Waals surface area contributed by atoms with Gasteiger partial charge in [-0.25, -0.2) is 4.79 Å². The number of amides is 1. The lowest BCUT2D eigenvalue weighted by molar-refractivity contribution is 0.0636. The van der Waals surface area contributed by atoms with E-state index in [0.717, 1.165) is 50.6 Å². The van der Waals surface area contributed by atoms with E-state index in [4.69, 9.17) is 9.47 Å². The van der Waals surface area contributed by atoms with Gasteiger partial charge < -0.3 is 14.4 Å². The molecule has 0 fully saturated rings. The van der Waals surface area contributed by atoms with Gasteiger partial charge in [-0.05, 0) is 65.1 Å². The fourth-order valence-corrected chi connectivity index (χ4v) is 2.86. The SMILES string of the molecule is CCN(CC)CCOc1ccc(NC(=O)OC(C)(C)C)cc1CN(CC)CC. The smallest absolute Gasteiger partial charge is 0.412 e. The van der Waals surface area contributed by atoms with Gasteiger partial charge in [-0.15, -0.1) is 0 Å². The van der Waals surface area contributed by atoms with Crippen LogP contribution in [-0.4, -0.2) is 60.8 Å². The Kier molecular flexibility index (Phi) is 10.3. The Morgan fingerprint density at radius 1 is 1.00 bits per heavy atom. The number of ether oxygens (including phenoxy) is 2. The van der Waals surface area contributed by atoms with Gasteiger partial charge in [-0.2, -0.15) is 0 Å². The molecule has 0 aliphatic heterocycles. The van der Waals surface area contributed by atoms with E-state index in [2.05, 4.69) is 42.8 Å². The van der Waals surface area contributed by atoms with Crippen molar-refractivity contribution in [1.29, 1.82) is 0 Å². The predicted molar refractivity (Wildman–Crippen MR) is 116 cm³/mol. The molecule has 0 radical (unpaired) electrons. The van der Waals surface area contributed by atoms with Crippen LogP contribution in [0.2, 0.25) is 0 Å². The Hall–Kier alpha value is -1.79. The number of carbonyl (C=O) groups excluding carboxylic acids is 1. The average Bonchev–Trinajstić information content (AvgIpc) is 2.63. The maximum absolute atomic E-state index is 12.1. The molecule has 0 spiro atoms. The lowest BCUT2D eigenvalue weighted by Crippen LogP contribution is -2.28. The standard InChI is InChI=1S/C22H39N3O3/c1-8-24(9-2)14-15-27-20-13-12-19(23-21(26)28-22(5,6)7)16-18(20)17-25(10-3)11-4/h12-13,16H,8-11,14-15,17H2,1-7H3,(H,23,26). The van der Waals surface area contributed by atoms with Crippen LogP contribution in [0.4, 0.5) is 10.5 Å².